The Labute approximate surface area is 166 Å². The molecule has 28 heavy (non-hydrogen) atoms. The molecule has 0 aliphatic rings. The summed E-state index contributed by atoms with van der Waals surface area (Å²) < 4.78 is 5.90. The van der Waals surface area contributed by atoms with Crippen molar-refractivity contribution in [3.63, 3.8) is 0 Å². The fourth-order valence-corrected chi connectivity index (χ4v) is 3.14. The van der Waals surface area contributed by atoms with Crippen molar-refractivity contribution in [2.45, 2.75) is 6.61 Å². The fraction of sp³-hybridized carbons (Fsp3) is 0.0370. The molecule has 1 heteroatoms. The van der Waals surface area contributed by atoms with Gasteiger partial charge in [-0.2, -0.15) is 0 Å². The molecule has 4 aromatic carbocycles. The SMILES string of the molecule is C(=C(c1ccccc1)c1ccccc1)c1ccc(OCc2ccccc2)cc1. The second-order valence-corrected chi connectivity index (χ2v) is 6.63. The minimum Gasteiger partial charge on any atom is -0.489 e. The van der Waals surface area contributed by atoms with E-state index in [-0.39, 0.29) is 0 Å². The van der Waals surface area contributed by atoms with Crippen molar-refractivity contribution in [3.05, 3.63) is 138 Å². The van der Waals surface area contributed by atoms with Gasteiger partial charge in [-0.1, -0.05) is 103 Å². The predicted octanol–water partition coefficient (Wildman–Crippen LogP) is 6.85. The van der Waals surface area contributed by atoms with E-state index in [1.165, 1.54) is 22.3 Å². The molecule has 0 aliphatic heterocycles. The van der Waals surface area contributed by atoms with Crippen LogP contribution in [0.5, 0.6) is 5.75 Å². The van der Waals surface area contributed by atoms with Gasteiger partial charge < -0.3 is 4.74 Å². The summed E-state index contributed by atoms with van der Waals surface area (Å²) in [5.74, 6) is 0.877. The van der Waals surface area contributed by atoms with Gasteiger partial charge in [0, 0.05) is 0 Å². The Morgan fingerprint density at radius 3 is 1.61 bits per heavy atom. The smallest absolute Gasteiger partial charge is 0.119 e. The zero-order valence-corrected chi connectivity index (χ0v) is 15.7. The van der Waals surface area contributed by atoms with Gasteiger partial charge in [-0.25, -0.2) is 0 Å². The monoisotopic (exact) mass is 362 g/mol. The first kappa shape index (κ1) is 17.8. The van der Waals surface area contributed by atoms with Crippen LogP contribution in [0.15, 0.2) is 115 Å². The number of hydrogen-bond donors (Lipinski definition) is 0. The van der Waals surface area contributed by atoms with E-state index in [0.717, 1.165) is 11.3 Å². The lowest BCUT2D eigenvalue weighted by Crippen LogP contribution is -1.94. The van der Waals surface area contributed by atoms with Crippen molar-refractivity contribution in [2.24, 2.45) is 0 Å². The van der Waals surface area contributed by atoms with Crippen molar-refractivity contribution in [2.75, 3.05) is 0 Å². The van der Waals surface area contributed by atoms with Crippen LogP contribution < -0.4 is 4.74 Å². The average Bonchev–Trinajstić information content (AvgIpc) is 2.79. The van der Waals surface area contributed by atoms with Crippen LogP contribution in [-0.4, -0.2) is 0 Å². The van der Waals surface area contributed by atoms with Crippen molar-refractivity contribution in [1.29, 1.82) is 0 Å². The van der Waals surface area contributed by atoms with E-state index in [2.05, 4.69) is 78.9 Å². The summed E-state index contributed by atoms with van der Waals surface area (Å²) >= 11 is 0. The Balaban J connectivity index is 1.57. The van der Waals surface area contributed by atoms with E-state index >= 15 is 0 Å². The van der Waals surface area contributed by atoms with E-state index in [1.807, 2.05) is 42.5 Å². The second kappa shape index (κ2) is 8.88. The van der Waals surface area contributed by atoms with Gasteiger partial charge in [-0.3, -0.25) is 0 Å². The largest absolute Gasteiger partial charge is 0.489 e. The second-order valence-electron chi connectivity index (χ2n) is 6.63. The highest BCUT2D eigenvalue weighted by Gasteiger charge is 2.05. The van der Waals surface area contributed by atoms with E-state index < -0.39 is 0 Å². The van der Waals surface area contributed by atoms with Crippen LogP contribution in [0.1, 0.15) is 22.3 Å². The summed E-state index contributed by atoms with van der Waals surface area (Å²) in [4.78, 5) is 0. The van der Waals surface area contributed by atoms with Crippen LogP contribution in [0.2, 0.25) is 0 Å². The maximum absolute atomic E-state index is 5.90. The maximum atomic E-state index is 5.90. The van der Waals surface area contributed by atoms with Gasteiger partial charge in [0.15, 0.2) is 0 Å². The van der Waals surface area contributed by atoms with Crippen LogP contribution >= 0.6 is 0 Å². The molecular weight excluding hydrogens is 340 g/mol. The number of ether oxygens (including phenoxy) is 1. The van der Waals surface area contributed by atoms with E-state index in [0.29, 0.717) is 6.61 Å². The quantitative estimate of drug-likeness (QED) is 0.341. The summed E-state index contributed by atoms with van der Waals surface area (Å²) in [5, 5.41) is 0. The minimum absolute atomic E-state index is 0.579. The molecule has 0 unspecified atom stereocenters. The van der Waals surface area contributed by atoms with Gasteiger partial charge in [0.25, 0.3) is 0 Å². The first-order valence-electron chi connectivity index (χ1n) is 9.48. The number of benzene rings is 4. The summed E-state index contributed by atoms with van der Waals surface area (Å²) in [6.07, 6.45) is 2.23. The zero-order chi connectivity index (χ0) is 19.0. The molecule has 1 nitrogen and oxygen atoms in total. The minimum atomic E-state index is 0.579. The Hall–Kier alpha value is -3.58. The maximum Gasteiger partial charge on any atom is 0.119 e. The standard InChI is InChI=1S/C27H22O/c1-4-10-23(11-5-1)21-28-26-18-16-22(17-19-26)20-27(24-12-6-2-7-13-24)25-14-8-3-9-15-25/h1-20H,21H2. The van der Waals surface area contributed by atoms with Gasteiger partial charge in [0.2, 0.25) is 0 Å². The lowest BCUT2D eigenvalue weighted by Gasteiger charge is -2.10. The van der Waals surface area contributed by atoms with E-state index in [4.69, 9.17) is 4.74 Å². The Morgan fingerprint density at radius 1 is 0.571 bits per heavy atom. The van der Waals surface area contributed by atoms with Crippen molar-refractivity contribution in [3.8, 4) is 5.75 Å². The van der Waals surface area contributed by atoms with Crippen LogP contribution in [0, 0.1) is 0 Å². The van der Waals surface area contributed by atoms with Gasteiger partial charge in [-0.05, 0) is 46.0 Å². The summed E-state index contributed by atoms with van der Waals surface area (Å²) in [7, 11) is 0. The molecule has 0 spiro atoms. The fourth-order valence-electron chi connectivity index (χ4n) is 3.14. The van der Waals surface area contributed by atoms with Crippen molar-refractivity contribution < 1.29 is 4.74 Å². The molecule has 0 aromatic heterocycles. The predicted molar refractivity (Wildman–Crippen MR) is 117 cm³/mol. The molecule has 0 amide bonds. The molecule has 0 aliphatic carbocycles. The summed E-state index contributed by atoms with van der Waals surface area (Å²) in [6.45, 7) is 0.579. The first-order chi connectivity index (χ1) is 13.9. The third-order valence-electron chi connectivity index (χ3n) is 4.61. The third kappa shape index (κ3) is 4.57. The highest BCUT2D eigenvalue weighted by Crippen LogP contribution is 2.26. The molecule has 0 atom stereocenters. The topological polar surface area (TPSA) is 9.23 Å². The zero-order valence-electron chi connectivity index (χ0n) is 15.7. The lowest BCUT2D eigenvalue weighted by atomic mass is 9.96. The average molecular weight is 362 g/mol. The van der Waals surface area contributed by atoms with Crippen molar-refractivity contribution >= 4 is 11.6 Å². The molecule has 0 N–H and O–H groups in total. The molecule has 0 heterocycles. The van der Waals surface area contributed by atoms with Gasteiger partial charge in [-0.15, -0.1) is 0 Å². The van der Waals surface area contributed by atoms with Gasteiger partial charge in [0.1, 0.15) is 12.4 Å². The highest BCUT2D eigenvalue weighted by atomic mass is 16.5. The number of hydrogen-bond acceptors (Lipinski definition) is 1. The third-order valence-corrected chi connectivity index (χ3v) is 4.61. The lowest BCUT2D eigenvalue weighted by molar-refractivity contribution is 0.306. The van der Waals surface area contributed by atoms with Crippen LogP contribution in [0.3, 0.4) is 0 Å². The highest BCUT2D eigenvalue weighted by molar-refractivity contribution is 5.91. The molecule has 0 saturated carbocycles. The van der Waals surface area contributed by atoms with E-state index in [1.54, 1.807) is 0 Å². The molecule has 0 bridgehead atoms. The molecule has 0 radical (unpaired) electrons. The molecule has 0 saturated heterocycles. The molecule has 136 valence electrons. The van der Waals surface area contributed by atoms with Crippen LogP contribution in [-0.2, 0) is 6.61 Å². The van der Waals surface area contributed by atoms with E-state index in [9.17, 15) is 0 Å². The molecule has 4 rings (SSSR count). The van der Waals surface area contributed by atoms with Crippen molar-refractivity contribution in [1.82, 2.24) is 0 Å². The normalized spacial score (nSPS) is 10.3. The summed E-state index contributed by atoms with van der Waals surface area (Å²) in [5.41, 5.74) is 5.94. The summed E-state index contributed by atoms with van der Waals surface area (Å²) in [6, 6.07) is 39.5. The van der Waals surface area contributed by atoms with Gasteiger partial charge in [0.05, 0.1) is 0 Å². The Kier molecular flexibility index (Phi) is 5.65. The number of rotatable bonds is 6. The first-order valence-corrected chi connectivity index (χ1v) is 9.48. The Morgan fingerprint density at radius 2 is 1.07 bits per heavy atom. The molecule has 4 aromatic rings. The molecule has 0 fully saturated rings. The van der Waals surface area contributed by atoms with Gasteiger partial charge >= 0.3 is 0 Å². The van der Waals surface area contributed by atoms with Crippen LogP contribution in [0.4, 0.5) is 0 Å². The molecular formula is C27H22O. The Bertz CT molecular complexity index is 976. The van der Waals surface area contributed by atoms with Crippen LogP contribution in [0.25, 0.3) is 11.6 Å².